The van der Waals surface area contributed by atoms with E-state index in [2.05, 4.69) is 10.6 Å². The van der Waals surface area contributed by atoms with E-state index in [0.717, 1.165) is 23.8 Å². The molecule has 3 heteroatoms. The van der Waals surface area contributed by atoms with Crippen molar-refractivity contribution in [3.05, 3.63) is 29.3 Å². The molecule has 0 aliphatic carbocycles. The zero-order valence-corrected chi connectivity index (χ0v) is 8.85. The fraction of sp³-hybridized carbons (Fsp3) is 0.455. The predicted molar refractivity (Wildman–Crippen MR) is 61.0 cm³/mol. The number of hydrogen-bond donors (Lipinski definition) is 2. The molecule has 14 heavy (non-hydrogen) atoms. The number of piperidine rings is 1. The van der Waals surface area contributed by atoms with Gasteiger partial charge in [0, 0.05) is 12.6 Å². The minimum absolute atomic E-state index is 0.517. The summed E-state index contributed by atoms with van der Waals surface area (Å²) in [5, 5.41) is 7.63. The van der Waals surface area contributed by atoms with Gasteiger partial charge in [-0.1, -0.05) is 23.7 Å². The first-order chi connectivity index (χ1) is 6.86. The number of rotatable bonds is 2. The van der Waals surface area contributed by atoms with Crippen LogP contribution < -0.4 is 10.6 Å². The first-order valence-corrected chi connectivity index (χ1v) is 5.46. The van der Waals surface area contributed by atoms with E-state index in [0.29, 0.717) is 6.04 Å². The maximum absolute atomic E-state index is 6.06. The molecular formula is C11H15ClN2. The van der Waals surface area contributed by atoms with Gasteiger partial charge in [-0.05, 0) is 31.5 Å². The van der Waals surface area contributed by atoms with Gasteiger partial charge in [-0.3, -0.25) is 0 Å². The third kappa shape index (κ3) is 2.40. The zero-order valence-electron chi connectivity index (χ0n) is 8.09. The first-order valence-electron chi connectivity index (χ1n) is 5.08. The molecule has 0 radical (unpaired) electrons. The Morgan fingerprint density at radius 1 is 1.36 bits per heavy atom. The van der Waals surface area contributed by atoms with Gasteiger partial charge in [-0.25, -0.2) is 0 Å². The van der Waals surface area contributed by atoms with Gasteiger partial charge in [0.2, 0.25) is 0 Å². The molecule has 1 heterocycles. The van der Waals surface area contributed by atoms with Crippen molar-refractivity contribution in [1.29, 1.82) is 0 Å². The van der Waals surface area contributed by atoms with Gasteiger partial charge < -0.3 is 10.6 Å². The van der Waals surface area contributed by atoms with E-state index in [1.54, 1.807) is 0 Å². The van der Waals surface area contributed by atoms with Gasteiger partial charge in [0.15, 0.2) is 0 Å². The van der Waals surface area contributed by atoms with Crippen LogP contribution in [-0.4, -0.2) is 19.1 Å². The molecule has 1 atom stereocenters. The molecule has 1 aromatic carbocycles. The second kappa shape index (κ2) is 4.67. The maximum atomic E-state index is 6.06. The molecule has 0 spiro atoms. The average Bonchev–Trinajstić information content (AvgIpc) is 2.23. The van der Waals surface area contributed by atoms with E-state index in [1.165, 1.54) is 12.8 Å². The SMILES string of the molecule is Clc1ccccc1NC1CCCNC1. The van der Waals surface area contributed by atoms with E-state index >= 15 is 0 Å². The number of anilines is 1. The Hall–Kier alpha value is -0.730. The number of halogens is 1. The number of para-hydroxylation sites is 1. The molecule has 0 saturated carbocycles. The van der Waals surface area contributed by atoms with E-state index in [-0.39, 0.29) is 0 Å². The Bertz CT molecular complexity index is 295. The molecule has 0 bridgehead atoms. The van der Waals surface area contributed by atoms with Crippen LogP contribution in [0.4, 0.5) is 5.69 Å². The molecule has 0 aromatic heterocycles. The second-order valence-corrected chi connectivity index (χ2v) is 4.07. The molecule has 1 unspecified atom stereocenters. The van der Waals surface area contributed by atoms with Crippen LogP contribution in [0.5, 0.6) is 0 Å². The lowest BCUT2D eigenvalue weighted by molar-refractivity contribution is 0.480. The molecule has 1 aliphatic heterocycles. The fourth-order valence-corrected chi connectivity index (χ4v) is 1.96. The van der Waals surface area contributed by atoms with Crippen molar-refractivity contribution in [3.63, 3.8) is 0 Å². The fourth-order valence-electron chi connectivity index (χ4n) is 1.77. The van der Waals surface area contributed by atoms with Crippen LogP contribution in [0.2, 0.25) is 5.02 Å². The normalized spacial score (nSPS) is 21.9. The van der Waals surface area contributed by atoms with Crippen molar-refractivity contribution in [3.8, 4) is 0 Å². The Kier molecular flexibility index (Phi) is 3.27. The molecule has 2 nitrogen and oxygen atoms in total. The zero-order chi connectivity index (χ0) is 9.80. The monoisotopic (exact) mass is 210 g/mol. The third-order valence-electron chi connectivity index (χ3n) is 2.53. The highest BCUT2D eigenvalue weighted by Crippen LogP contribution is 2.22. The van der Waals surface area contributed by atoms with E-state index in [9.17, 15) is 0 Å². The molecule has 2 rings (SSSR count). The number of nitrogens with one attached hydrogen (secondary N) is 2. The summed E-state index contributed by atoms with van der Waals surface area (Å²) in [5.41, 5.74) is 1.04. The molecule has 1 aromatic rings. The van der Waals surface area contributed by atoms with Crippen LogP contribution >= 0.6 is 11.6 Å². The molecular weight excluding hydrogens is 196 g/mol. The number of hydrogen-bond acceptors (Lipinski definition) is 2. The standard InChI is InChI=1S/C11H15ClN2/c12-10-5-1-2-6-11(10)14-9-4-3-7-13-8-9/h1-2,5-6,9,13-14H,3-4,7-8H2. The van der Waals surface area contributed by atoms with Gasteiger partial charge in [-0.2, -0.15) is 0 Å². The molecule has 76 valence electrons. The van der Waals surface area contributed by atoms with E-state index in [1.807, 2.05) is 24.3 Å². The Morgan fingerprint density at radius 2 is 2.21 bits per heavy atom. The summed E-state index contributed by atoms with van der Waals surface area (Å²) < 4.78 is 0. The van der Waals surface area contributed by atoms with Crippen LogP contribution in [-0.2, 0) is 0 Å². The summed E-state index contributed by atoms with van der Waals surface area (Å²) in [6, 6.07) is 8.41. The van der Waals surface area contributed by atoms with Gasteiger partial charge in [0.1, 0.15) is 0 Å². The molecule has 2 N–H and O–H groups in total. The van der Waals surface area contributed by atoms with Crippen molar-refractivity contribution in [2.24, 2.45) is 0 Å². The van der Waals surface area contributed by atoms with Gasteiger partial charge in [0.25, 0.3) is 0 Å². The molecule has 0 amide bonds. The van der Waals surface area contributed by atoms with Crippen molar-refractivity contribution >= 4 is 17.3 Å². The summed E-state index contributed by atoms with van der Waals surface area (Å²) in [7, 11) is 0. The lowest BCUT2D eigenvalue weighted by Gasteiger charge is -2.25. The molecule has 1 saturated heterocycles. The van der Waals surface area contributed by atoms with Crippen LogP contribution in [0.25, 0.3) is 0 Å². The van der Waals surface area contributed by atoms with Gasteiger partial charge in [-0.15, -0.1) is 0 Å². The van der Waals surface area contributed by atoms with Crippen LogP contribution in [0.1, 0.15) is 12.8 Å². The van der Waals surface area contributed by atoms with Crippen molar-refractivity contribution in [2.75, 3.05) is 18.4 Å². The topological polar surface area (TPSA) is 24.1 Å². The lowest BCUT2D eigenvalue weighted by atomic mass is 10.1. The first kappa shape index (κ1) is 9.81. The highest BCUT2D eigenvalue weighted by molar-refractivity contribution is 6.33. The highest BCUT2D eigenvalue weighted by Gasteiger charge is 2.12. The third-order valence-corrected chi connectivity index (χ3v) is 2.86. The Morgan fingerprint density at radius 3 is 2.93 bits per heavy atom. The summed E-state index contributed by atoms with van der Waals surface area (Å²) in [4.78, 5) is 0. The largest absolute Gasteiger partial charge is 0.380 e. The van der Waals surface area contributed by atoms with Gasteiger partial charge in [0.05, 0.1) is 10.7 Å². The van der Waals surface area contributed by atoms with E-state index in [4.69, 9.17) is 11.6 Å². The summed E-state index contributed by atoms with van der Waals surface area (Å²) in [6.07, 6.45) is 2.46. The van der Waals surface area contributed by atoms with Crippen LogP contribution in [0.15, 0.2) is 24.3 Å². The smallest absolute Gasteiger partial charge is 0.0637 e. The van der Waals surface area contributed by atoms with Crippen molar-refractivity contribution in [1.82, 2.24) is 5.32 Å². The summed E-state index contributed by atoms with van der Waals surface area (Å²) in [5.74, 6) is 0. The van der Waals surface area contributed by atoms with Crippen LogP contribution in [0, 0.1) is 0 Å². The summed E-state index contributed by atoms with van der Waals surface area (Å²) >= 11 is 6.06. The Balaban J connectivity index is 1.99. The highest BCUT2D eigenvalue weighted by atomic mass is 35.5. The van der Waals surface area contributed by atoms with Crippen molar-refractivity contribution < 1.29 is 0 Å². The quantitative estimate of drug-likeness (QED) is 0.784. The average molecular weight is 211 g/mol. The Labute approximate surface area is 89.7 Å². The summed E-state index contributed by atoms with van der Waals surface area (Å²) in [6.45, 7) is 2.17. The molecule has 1 fully saturated rings. The minimum atomic E-state index is 0.517. The lowest BCUT2D eigenvalue weighted by Crippen LogP contribution is -2.38. The predicted octanol–water partition coefficient (Wildman–Crippen LogP) is 2.50. The maximum Gasteiger partial charge on any atom is 0.0637 e. The van der Waals surface area contributed by atoms with Crippen LogP contribution in [0.3, 0.4) is 0 Å². The second-order valence-electron chi connectivity index (χ2n) is 3.67. The van der Waals surface area contributed by atoms with Gasteiger partial charge >= 0.3 is 0 Å². The van der Waals surface area contributed by atoms with Crippen molar-refractivity contribution in [2.45, 2.75) is 18.9 Å². The number of benzene rings is 1. The molecule has 1 aliphatic rings. The minimum Gasteiger partial charge on any atom is -0.380 e. The van der Waals surface area contributed by atoms with E-state index < -0.39 is 0 Å².